The second-order valence-corrected chi connectivity index (χ2v) is 5.57. The normalized spacial score (nSPS) is 10.7. The van der Waals surface area contributed by atoms with Crippen LogP contribution in [-0.4, -0.2) is 14.8 Å². The lowest BCUT2D eigenvalue weighted by Gasteiger charge is -2.07. The number of halogens is 2. The van der Waals surface area contributed by atoms with Crippen LogP contribution in [0.4, 0.5) is 5.69 Å². The molecule has 0 saturated heterocycles. The summed E-state index contributed by atoms with van der Waals surface area (Å²) in [6.07, 6.45) is 3.55. The molecule has 2 N–H and O–H groups in total. The van der Waals surface area contributed by atoms with Gasteiger partial charge in [-0.3, -0.25) is 0 Å². The van der Waals surface area contributed by atoms with Crippen molar-refractivity contribution in [2.24, 2.45) is 0 Å². The molecule has 0 amide bonds. The zero-order valence-electron chi connectivity index (χ0n) is 10.3. The van der Waals surface area contributed by atoms with E-state index in [1.54, 1.807) is 23.0 Å². The van der Waals surface area contributed by atoms with Gasteiger partial charge in [0.2, 0.25) is 0 Å². The van der Waals surface area contributed by atoms with Crippen LogP contribution in [0, 0.1) is 0 Å². The summed E-state index contributed by atoms with van der Waals surface area (Å²) >= 11 is 9.39. The van der Waals surface area contributed by atoms with Crippen LogP contribution in [0.15, 0.2) is 53.3 Å². The zero-order chi connectivity index (χ0) is 14.1. The van der Waals surface area contributed by atoms with Crippen LogP contribution in [0.3, 0.4) is 0 Å². The summed E-state index contributed by atoms with van der Waals surface area (Å²) in [5.74, 6) is 0.715. The quantitative estimate of drug-likeness (QED) is 0.713. The van der Waals surface area contributed by atoms with Gasteiger partial charge in [0.25, 0.3) is 0 Å². The van der Waals surface area contributed by atoms with E-state index in [2.05, 4.69) is 26.0 Å². The van der Waals surface area contributed by atoms with Crippen LogP contribution in [0.5, 0.6) is 0 Å². The van der Waals surface area contributed by atoms with Crippen LogP contribution < -0.4 is 5.73 Å². The van der Waals surface area contributed by atoms with Gasteiger partial charge < -0.3 is 5.73 Å². The van der Waals surface area contributed by atoms with Gasteiger partial charge in [-0.25, -0.2) is 9.67 Å². The molecule has 3 rings (SSSR count). The first-order chi connectivity index (χ1) is 9.63. The van der Waals surface area contributed by atoms with Crippen molar-refractivity contribution in [1.82, 2.24) is 14.8 Å². The Morgan fingerprint density at radius 3 is 2.80 bits per heavy atom. The lowest BCUT2D eigenvalue weighted by molar-refractivity contribution is 0.848. The smallest absolute Gasteiger partial charge is 0.154 e. The highest BCUT2D eigenvalue weighted by molar-refractivity contribution is 9.10. The number of nitrogens with two attached hydrogens (primary N) is 1. The van der Waals surface area contributed by atoms with Crippen LogP contribution in [0.2, 0.25) is 5.02 Å². The van der Waals surface area contributed by atoms with Gasteiger partial charge in [0, 0.05) is 22.5 Å². The molecule has 0 bridgehead atoms. The number of aromatic nitrogens is 3. The van der Waals surface area contributed by atoms with Gasteiger partial charge in [-0.15, -0.1) is 0 Å². The molecule has 1 aromatic carbocycles. The molecule has 3 aromatic rings. The Kier molecular flexibility index (Phi) is 3.46. The molecule has 0 atom stereocenters. The summed E-state index contributed by atoms with van der Waals surface area (Å²) in [7, 11) is 0. The molecule has 20 heavy (non-hydrogen) atoms. The molecule has 2 heterocycles. The molecule has 100 valence electrons. The van der Waals surface area contributed by atoms with Crippen LogP contribution >= 0.6 is 27.5 Å². The first kappa shape index (κ1) is 13.1. The van der Waals surface area contributed by atoms with Crippen molar-refractivity contribution < 1.29 is 0 Å². The van der Waals surface area contributed by atoms with Crippen molar-refractivity contribution in [2.45, 2.75) is 0 Å². The van der Waals surface area contributed by atoms with Crippen molar-refractivity contribution >= 4 is 33.2 Å². The highest BCUT2D eigenvalue weighted by Crippen LogP contribution is 2.28. The van der Waals surface area contributed by atoms with E-state index >= 15 is 0 Å². The molecule has 6 heteroatoms. The van der Waals surface area contributed by atoms with E-state index in [1.807, 2.05) is 30.5 Å². The van der Waals surface area contributed by atoms with E-state index in [0.29, 0.717) is 16.5 Å². The van der Waals surface area contributed by atoms with Crippen LogP contribution in [0.25, 0.3) is 17.1 Å². The van der Waals surface area contributed by atoms with E-state index < -0.39 is 0 Å². The fraction of sp³-hybridized carbons (Fsp3) is 0. The Morgan fingerprint density at radius 2 is 2.05 bits per heavy atom. The maximum absolute atomic E-state index is 6.02. The predicted molar refractivity (Wildman–Crippen MR) is 83.9 cm³/mol. The van der Waals surface area contributed by atoms with E-state index in [0.717, 1.165) is 15.7 Å². The van der Waals surface area contributed by atoms with Gasteiger partial charge in [-0.1, -0.05) is 17.7 Å². The standard InChI is InChI=1S/C14H10BrClN4/c15-9-7-18-20(8-9)14-3-1-2-13(19-14)11-6-10(16)4-5-12(11)17/h1-8H,17H2. The summed E-state index contributed by atoms with van der Waals surface area (Å²) < 4.78 is 2.58. The van der Waals surface area contributed by atoms with E-state index in [-0.39, 0.29) is 0 Å². The Morgan fingerprint density at radius 1 is 1.20 bits per heavy atom. The highest BCUT2D eigenvalue weighted by atomic mass is 79.9. The second-order valence-electron chi connectivity index (χ2n) is 4.22. The Labute approximate surface area is 129 Å². The average Bonchev–Trinajstić information content (AvgIpc) is 2.88. The van der Waals surface area contributed by atoms with Gasteiger partial charge in [0.15, 0.2) is 5.82 Å². The molecule has 0 saturated carbocycles. The number of anilines is 1. The highest BCUT2D eigenvalue weighted by Gasteiger charge is 2.07. The number of hydrogen-bond acceptors (Lipinski definition) is 3. The van der Waals surface area contributed by atoms with Crippen molar-refractivity contribution in [1.29, 1.82) is 0 Å². The predicted octanol–water partition coefficient (Wildman–Crippen LogP) is 3.93. The molecule has 0 aliphatic rings. The number of hydrogen-bond donors (Lipinski definition) is 1. The molecule has 0 unspecified atom stereocenters. The topological polar surface area (TPSA) is 56.7 Å². The van der Waals surface area contributed by atoms with Gasteiger partial charge in [-0.2, -0.15) is 5.10 Å². The summed E-state index contributed by atoms with van der Waals surface area (Å²) in [5.41, 5.74) is 8.19. The molecule has 0 fully saturated rings. The number of nitrogens with zero attached hydrogens (tertiary/aromatic N) is 3. The van der Waals surface area contributed by atoms with Gasteiger partial charge in [0.1, 0.15) is 0 Å². The first-order valence-corrected chi connectivity index (χ1v) is 7.03. The van der Waals surface area contributed by atoms with Gasteiger partial charge in [-0.05, 0) is 46.3 Å². The molecular weight excluding hydrogens is 340 g/mol. The SMILES string of the molecule is Nc1ccc(Cl)cc1-c1cccc(-n2cc(Br)cn2)n1. The minimum Gasteiger partial charge on any atom is -0.398 e. The van der Waals surface area contributed by atoms with Crippen LogP contribution in [0.1, 0.15) is 0 Å². The first-order valence-electron chi connectivity index (χ1n) is 5.86. The number of pyridine rings is 1. The maximum atomic E-state index is 6.02. The summed E-state index contributed by atoms with van der Waals surface area (Å²) in [6.45, 7) is 0. The Balaban J connectivity index is 2.09. The third kappa shape index (κ3) is 2.55. The molecule has 2 aromatic heterocycles. The maximum Gasteiger partial charge on any atom is 0.154 e. The van der Waals surface area contributed by atoms with Gasteiger partial charge in [0.05, 0.1) is 16.4 Å². The molecular formula is C14H10BrClN4. The number of nitrogen functional groups attached to an aromatic ring is 1. The second kappa shape index (κ2) is 5.26. The molecule has 0 aliphatic heterocycles. The molecule has 0 spiro atoms. The number of rotatable bonds is 2. The zero-order valence-corrected chi connectivity index (χ0v) is 12.6. The largest absolute Gasteiger partial charge is 0.398 e. The van der Waals surface area contributed by atoms with E-state index in [9.17, 15) is 0 Å². The van der Waals surface area contributed by atoms with Crippen molar-refractivity contribution in [3.63, 3.8) is 0 Å². The van der Waals surface area contributed by atoms with E-state index in [4.69, 9.17) is 17.3 Å². The lowest BCUT2D eigenvalue weighted by atomic mass is 10.1. The average molecular weight is 350 g/mol. The summed E-state index contributed by atoms with van der Waals surface area (Å²) in [6, 6.07) is 11.0. The van der Waals surface area contributed by atoms with Crippen LogP contribution in [-0.2, 0) is 0 Å². The lowest BCUT2D eigenvalue weighted by Crippen LogP contribution is -1.99. The Hall–Kier alpha value is -1.85. The Bertz CT molecular complexity index is 769. The van der Waals surface area contributed by atoms with Crippen molar-refractivity contribution in [3.05, 3.63) is 58.3 Å². The fourth-order valence-electron chi connectivity index (χ4n) is 1.88. The van der Waals surface area contributed by atoms with Crippen molar-refractivity contribution in [3.8, 4) is 17.1 Å². The molecule has 0 aliphatic carbocycles. The third-order valence-electron chi connectivity index (χ3n) is 2.81. The fourth-order valence-corrected chi connectivity index (χ4v) is 2.33. The van der Waals surface area contributed by atoms with Crippen molar-refractivity contribution in [2.75, 3.05) is 5.73 Å². The third-order valence-corrected chi connectivity index (χ3v) is 3.46. The van der Waals surface area contributed by atoms with E-state index in [1.165, 1.54) is 0 Å². The minimum absolute atomic E-state index is 0.628. The molecule has 0 radical (unpaired) electrons. The molecule has 4 nitrogen and oxygen atoms in total. The van der Waals surface area contributed by atoms with Gasteiger partial charge >= 0.3 is 0 Å². The number of benzene rings is 1. The monoisotopic (exact) mass is 348 g/mol. The summed E-state index contributed by atoms with van der Waals surface area (Å²) in [4.78, 5) is 4.57. The minimum atomic E-state index is 0.628. The summed E-state index contributed by atoms with van der Waals surface area (Å²) in [5, 5.41) is 4.84.